The molecule has 0 aliphatic rings. The normalized spacial score (nSPS) is 10.3. The summed E-state index contributed by atoms with van der Waals surface area (Å²) < 4.78 is 0. The summed E-state index contributed by atoms with van der Waals surface area (Å²) in [5, 5.41) is 0. The summed E-state index contributed by atoms with van der Waals surface area (Å²) in [5.74, 6) is 0.935. The molecule has 0 spiro atoms. The SMILES string of the molecule is C=CN=C(CN(C)C)N(C)C=C.CC. The first-order chi connectivity index (χ1) is 6.61. The van der Waals surface area contributed by atoms with E-state index in [2.05, 4.69) is 18.2 Å². The van der Waals surface area contributed by atoms with Gasteiger partial charge in [0.05, 0.1) is 6.54 Å². The van der Waals surface area contributed by atoms with E-state index in [0.29, 0.717) is 0 Å². The van der Waals surface area contributed by atoms with E-state index >= 15 is 0 Å². The monoisotopic (exact) mass is 197 g/mol. The Morgan fingerprint density at radius 3 is 2.00 bits per heavy atom. The summed E-state index contributed by atoms with van der Waals surface area (Å²) in [4.78, 5) is 8.05. The average Bonchev–Trinajstić information content (AvgIpc) is 2.18. The molecule has 0 rings (SSSR count). The molecule has 0 amide bonds. The van der Waals surface area contributed by atoms with Crippen LogP contribution in [0.4, 0.5) is 0 Å². The highest BCUT2D eigenvalue weighted by atomic mass is 15.2. The zero-order valence-corrected chi connectivity index (χ0v) is 10.1. The summed E-state index contributed by atoms with van der Waals surface area (Å²) in [6.07, 6.45) is 3.27. The van der Waals surface area contributed by atoms with Crippen LogP contribution in [0, 0.1) is 0 Å². The molecule has 0 aromatic heterocycles. The largest absolute Gasteiger partial charge is 0.339 e. The van der Waals surface area contributed by atoms with Crippen molar-refractivity contribution in [2.45, 2.75) is 13.8 Å². The van der Waals surface area contributed by atoms with Gasteiger partial charge in [0.2, 0.25) is 0 Å². The second kappa shape index (κ2) is 9.99. The van der Waals surface area contributed by atoms with Crippen LogP contribution < -0.4 is 0 Å². The maximum absolute atomic E-state index is 4.13. The lowest BCUT2D eigenvalue weighted by atomic mass is 10.5. The third-order valence-corrected chi connectivity index (χ3v) is 1.38. The summed E-state index contributed by atoms with van der Waals surface area (Å²) in [5.41, 5.74) is 0. The van der Waals surface area contributed by atoms with E-state index in [4.69, 9.17) is 0 Å². The zero-order valence-electron chi connectivity index (χ0n) is 10.1. The molecule has 82 valence electrons. The van der Waals surface area contributed by atoms with Gasteiger partial charge >= 0.3 is 0 Å². The second-order valence-electron chi connectivity index (χ2n) is 2.76. The maximum atomic E-state index is 4.13. The molecule has 0 saturated carbocycles. The van der Waals surface area contributed by atoms with Crippen LogP contribution in [0.25, 0.3) is 0 Å². The van der Waals surface area contributed by atoms with Crippen molar-refractivity contribution < 1.29 is 0 Å². The van der Waals surface area contributed by atoms with Gasteiger partial charge < -0.3 is 9.80 Å². The van der Waals surface area contributed by atoms with E-state index in [-0.39, 0.29) is 0 Å². The number of rotatable bonds is 4. The Balaban J connectivity index is 0. The lowest BCUT2D eigenvalue weighted by Crippen LogP contribution is -2.31. The number of aliphatic imine (C=N–C) groups is 1. The highest BCUT2D eigenvalue weighted by Gasteiger charge is 2.02. The van der Waals surface area contributed by atoms with Gasteiger partial charge in [0.15, 0.2) is 0 Å². The third kappa shape index (κ3) is 7.55. The standard InChI is InChI=1S/C9H17N3.C2H6/c1-6-10-9(8-11(3)4)12(5)7-2;1-2/h6-7H,1-2,8H2,3-5H3;1-2H3. The van der Waals surface area contributed by atoms with E-state index in [1.54, 1.807) is 12.4 Å². The van der Waals surface area contributed by atoms with Crippen molar-refractivity contribution in [3.8, 4) is 0 Å². The molecule has 14 heavy (non-hydrogen) atoms. The minimum absolute atomic E-state index is 0.786. The fraction of sp³-hybridized carbons (Fsp3) is 0.545. The fourth-order valence-corrected chi connectivity index (χ4v) is 0.737. The van der Waals surface area contributed by atoms with Gasteiger partial charge in [-0.25, -0.2) is 4.99 Å². The topological polar surface area (TPSA) is 18.8 Å². The predicted molar refractivity (Wildman–Crippen MR) is 65.5 cm³/mol. The Labute approximate surface area is 88.4 Å². The molecular formula is C11H23N3. The van der Waals surface area contributed by atoms with E-state index in [0.717, 1.165) is 12.4 Å². The Morgan fingerprint density at radius 1 is 1.21 bits per heavy atom. The molecule has 3 nitrogen and oxygen atoms in total. The average molecular weight is 197 g/mol. The zero-order chi connectivity index (χ0) is 11.6. The first-order valence-corrected chi connectivity index (χ1v) is 4.79. The van der Waals surface area contributed by atoms with Crippen LogP contribution in [0.15, 0.2) is 30.6 Å². The summed E-state index contributed by atoms with van der Waals surface area (Å²) in [7, 11) is 5.91. The first kappa shape index (κ1) is 15.4. The lowest BCUT2D eigenvalue weighted by molar-refractivity contribution is 0.451. The van der Waals surface area contributed by atoms with Crippen molar-refractivity contribution in [3.63, 3.8) is 0 Å². The molecule has 0 bridgehead atoms. The number of nitrogens with zero attached hydrogens (tertiary/aromatic N) is 3. The third-order valence-electron chi connectivity index (χ3n) is 1.38. The van der Waals surface area contributed by atoms with E-state index in [1.807, 2.05) is 44.8 Å². The molecule has 0 saturated heterocycles. The highest BCUT2D eigenvalue weighted by molar-refractivity contribution is 5.85. The molecule has 0 fully saturated rings. The minimum atomic E-state index is 0.786. The van der Waals surface area contributed by atoms with Crippen molar-refractivity contribution in [1.82, 2.24) is 9.80 Å². The number of amidine groups is 1. The van der Waals surface area contributed by atoms with E-state index in [9.17, 15) is 0 Å². The summed E-state index contributed by atoms with van der Waals surface area (Å²) in [6.45, 7) is 12.0. The molecule has 0 aliphatic heterocycles. The molecule has 3 heteroatoms. The van der Waals surface area contributed by atoms with Crippen LogP contribution in [0.1, 0.15) is 13.8 Å². The molecule has 0 aromatic carbocycles. The first-order valence-electron chi connectivity index (χ1n) is 4.79. The Hall–Kier alpha value is -1.09. The van der Waals surface area contributed by atoms with E-state index in [1.165, 1.54) is 0 Å². The van der Waals surface area contributed by atoms with Crippen molar-refractivity contribution in [2.75, 3.05) is 27.7 Å². The Kier molecular flexibility index (Phi) is 11.0. The van der Waals surface area contributed by atoms with Crippen molar-refractivity contribution in [3.05, 3.63) is 25.6 Å². The molecule has 0 N–H and O–H groups in total. The van der Waals surface area contributed by atoms with Gasteiger partial charge in [-0.15, -0.1) is 0 Å². The summed E-state index contributed by atoms with van der Waals surface area (Å²) in [6, 6.07) is 0. The van der Waals surface area contributed by atoms with Gasteiger partial charge in [0.1, 0.15) is 5.84 Å². The van der Waals surface area contributed by atoms with Gasteiger partial charge in [0, 0.05) is 13.2 Å². The van der Waals surface area contributed by atoms with Crippen molar-refractivity contribution >= 4 is 5.84 Å². The molecule has 0 unspecified atom stereocenters. The Morgan fingerprint density at radius 2 is 1.71 bits per heavy atom. The molecule has 0 heterocycles. The molecule has 0 radical (unpaired) electrons. The maximum Gasteiger partial charge on any atom is 0.122 e. The van der Waals surface area contributed by atoms with Gasteiger partial charge in [-0.2, -0.15) is 0 Å². The van der Waals surface area contributed by atoms with Crippen LogP contribution >= 0.6 is 0 Å². The van der Waals surface area contributed by atoms with Crippen LogP contribution in [0.5, 0.6) is 0 Å². The van der Waals surface area contributed by atoms with Gasteiger partial charge in [0.25, 0.3) is 0 Å². The van der Waals surface area contributed by atoms with Crippen LogP contribution in [0.3, 0.4) is 0 Å². The van der Waals surface area contributed by atoms with Gasteiger partial charge in [-0.05, 0) is 20.3 Å². The highest BCUT2D eigenvalue weighted by Crippen LogP contribution is 1.91. The molecule has 0 atom stereocenters. The second-order valence-corrected chi connectivity index (χ2v) is 2.76. The van der Waals surface area contributed by atoms with Crippen molar-refractivity contribution in [1.29, 1.82) is 0 Å². The van der Waals surface area contributed by atoms with Gasteiger partial charge in [-0.1, -0.05) is 27.0 Å². The molecule has 0 aliphatic carbocycles. The van der Waals surface area contributed by atoms with Crippen LogP contribution in [0.2, 0.25) is 0 Å². The number of hydrogen-bond donors (Lipinski definition) is 0. The predicted octanol–water partition coefficient (Wildman–Crippen LogP) is 2.19. The number of hydrogen-bond acceptors (Lipinski definition) is 2. The van der Waals surface area contributed by atoms with Crippen molar-refractivity contribution in [2.24, 2.45) is 4.99 Å². The van der Waals surface area contributed by atoms with Crippen LogP contribution in [-0.4, -0.2) is 43.3 Å². The Bertz CT molecular complexity index is 183. The fourth-order valence-electron chi connectivity index (χ4n) is 0.737. The number of likely N-dealkylation sites (N-methyl/N-ethyl adjacent to an activating group) is 2. The quantitative estimate of drug-likeness (QED) is 0.508. The molecule has 0 aromatic rings. The van der Waals surface area contributed by atoms with Crippen LogP contribution in [-0.2, 0) is 0 Å². The van der Waals surface area contributed by atoms with Gasteiger partial charge in [-0.3, -0.25) is 0 Å². The summed E-state index contributed by atoms with van der Waals surface area (Å²) >= 11 is 0. The lowest BCUT2D eigenvalue weighted by Gasteiger charge is -2.19. The molecular weight excluding hydrogens is 174 g/mol. The minimum Gasteiger partial charge on any atom is -0.339 e. The van der Waals surface area contributed by atoms with E-state index < -0.39 is 0 Å². The smallest absolute Gasteiger partial charge is 0.122 e.